The van der Waals surface area contributed by atoms with E-state index in [9.17, 15) is 9.90 Å². The number of amides is 1. The zero-order valence-electron chi connectivity index (χ0n) is 9.68. The van der Waals surface area contributed by atoms with Crippen molar-refractivity contribution >= 4 is 11.6 Å². The average molecular weight is 222 g/mol. The highest BCUT2D eigenvalue weighted by Gasteiger charge is 2.08. The molecule has 0 radical (unpaired) electrons. The van der Waals surface area contributed by atoms with E-state index in [-0.39, 0.29) is 12.3 Å². The molecule has 0 aromatic heterocycles. The van der Waals surface area contributed by atoms with Crippen molar-refractivity contribution in [2.45, 2.75) is 18.9 Å². The van der Waals surface area contributed by atoms with Crippen LogP contribution < -0.4 is 10.6 Å². The lowest BCUT2D eigenvalue weighted by atomic mass is 10.0. The van der Waals surface area contributed by atoms with Gasteiger partial charge in [-0.2, -0.15) is 0 Å². The Kier molecular flexibility index (Phi) is 4.31. The Morgan fingerprint density at radius 1 is 1.38 bits per heavy atom. The molecule has 4 heteroatoms. The molecular formula is C12H18N2O2. The van der Waals surface area contributed by atoms with Gasteiger partial charge in [0.15, 0.2) is 0 Å². The van der Waals surface area contributed by atoms with Crippen molar-refractivity contribution in [3.63, 3.8) is 0 Å². The second-order valence-electron chi connectivity index (χ2n) is 4.01. The molecule has 16 heavy (non-hydrogen) atoms. The minimum atomic E-state index is -0.622. The fourth-order valence-corrected chi connectivity index (χ4v) is 1.44. The molecule has 4 nitrogen and oxygen atoms in total. The molecular weight excluding hydrogens is 204 g/mol. The van der Waals surface area contributed by atoms with Crippen LogP contribution in [-0.4, -0.2) is 25.1 Å². The number of carbonyl (C=O) groups is 1. The first kappa shape index (κ1) is 12.5. The van der Waals surface area contributed by atoms with Gasteiger partial charge in [0, 0.05) is 26.2 Å². The van der Waals surface area contributed by atoms with E-state index in [1.54, 1.807) is 0 Å². The summed E-state index contributed by atoms with van der Waals surface area (Å²) in [5.41, 5.74) is 6.91. The van der Waals surface area contributed by atoms with Crippen molar-refractivity contribution in [2.75, 3.05) is 19.0 Å². The molecule has 0 bridgehead atoms. The van der Waals surface area contributed by atoms with Gasteiger partial charge in [0.2, 0.25) is 5.91 Å². The first-order chi connectivity index (χ1) is 7.50. The summed E-state index contributed by atoms with van der Waals surface area (Å²) in [4.78, 5) is 12.6. The van der Waals surface area contributed by atoms with E-state index in [4.69, 9.17) is 5.73 Å². The van der Waals surface area contributed by atoms with Crippen LogP contribution in [0.25, 0.3) is 0 Å². The van der Waals surface area contributed by atoms with Gasteiger partial charge < -0.3 is 15.7 Å². The summed E-state index contributed by atoms with van der Waals surface area (Å²) in [5, 5.41) is 9.78. The molecule has 0 aliphatic carbocycles. The molecule has 88 valence electrons. The molecule has 1 atom stereocenters. The summed E-state index contributed by atoms with van der Waals surface area (Å²) in [6.07, 6.45) is -0.0449. The second kappa shape index (κ2) is 5.51. The standard InChI is InChI=1S/C12H18N2O2/c1-14(2)10-5-3-9(4-6-10)11(15)7-8-12(13)16/h3-6,11,15H,7-8H2,1-2H3,(H2,13,16). The van der Waals surface area contributed by atoms with E-state index in [1.165, 1.54) is 0 Å². The average Bonchev–Trinajstić information content (AvgIpc) is 2.26. The van der Waals surface area contributed by atoms with Crippen LogP contribution in [-0.2, 0) is 4.79 Å². The van der Waals surface area contributed by atoms with Crippen molar-refractivity contribution in [3.8, 4) is 0 Å². The van der Waals surface area contributed by atoms with Gasteiger partial charge in [-0.05, 0) is 24.1 Å². The van der Waals surface area contributed by atoms with Crippen molar-refractivity contribution in [1.29, 1.82) is 0 Å². The fraction of sp³-hybridized carbons (Fsp3) is 0.417. The van der Waals surface area contributed by atoms with Crippen LogP contribution in [0.15, 0.2) is 24.3 Å². The number of anilines is 1. The van der Waals surface area contributed by atoms with Crippen molar-refractivity contribution in [2.24, 2.45) is 5.73 Å². The van der Waals surface area contributed by atoms with Crippen LogP contribution in [0, 0.1) is 0 Å². The Morgan fingerprint density at radius 3 is 2.38 bits per heavy atom. The minimum Gasteiger partial charge on any atom is -0.388 e. The third-order valence-corrected chi connectivity index (χ3v) is 2.46. The number of nitrogens with two attached hydrogens (primary N) is 1. The Labute approximate surface area is 95.7 Å². The van der Waals surface area contributed by atoms with Crippen LogP contribution in [0.5, 0.6) is 0 Å². The number of aliphatic hydroxyl groups excluding tert-OH is 1. The van der Waals surface area contributed by atoms with Crippen LogP contribution in [0.1, 0.15) is 24.5 Å². The van der Waals surface area contributed by atoms with E-state index in [0.29, 0.717) is 6.42 Å². The lowest BCUT2D eigenvalue weighted by molar-refractivity contribution is -0.118. The van der Waals surface area contributed by atoms with Crippen molar-refractivity contribution in [3.05, 3.63) is 29.8 Å². The molecule has 3 N–H and O–H groups in total. The summed E-state index contributed by atoms with van der Waals surface area (Å²) in [5.74, 6) is -0.385. The van der Waals surface area contributed by atoms with Crippen LogP contribution in [0.2, 0.25) is 0 Å². The molecule has 0 saturated carbocycles. The first-order valence-corrected chi connectivity index (χ1v) is 5.24. The van der Waals surface area contributed by atoms with Gasteiger partial charge >= 0.3 is 0 Å². The third kappa shape index (κ3) is 3.55. The Bertz CT molecular complexity index is 347. The molecule has 0 aliphatic rings. The molecule has 0 saturated heterocycles. The number of aliphatic hydroxyl groups is 1. The number of hydrogen-bond donors (Lipinski definition) is 2. The lowest BCUT2D eigenvalue weighted by Crippen LogP contribution is -2.12. The van der Waals surface area contributed by atoms with E-state index in [1.807, 2.05) is 43.3 Å². The number of nitrogens with zero attached hydrogens (tertiary/aromatic N) is 1. The lowest BCUT2D eigenvalue weighted by Gasteiger charge is -2.14. The largest absolute Gasteiger partial charge is 0.388 e. The smallest absolute Gasteiger partial charge is 0.217 e. The Balaban J connectivity index is 2.62. The number of primary amides is 1. The zero-order valence-corrected chi connectivity index (χ0v) is 9.68. The van der Waals surface area contributed by atoms with Crippen molar-refractivity contribution < 1.29 is 9.90 Å². The molecule has 0 spiro atoms. The fourth-order valence-electron chi connectivity index (χ4n) is 1.44. The number of benzene rings is 1. The van der Waals surface area contributed by atoms with Gasteiger partial charge in [0.05, 0.1) is 6.10 Å². The first-order valence-electron chi connectivity index (χ1n) is 5.24. The molecule has 1 rings (SSSR count). The number of carbonyl (C=O) groups excluding carboxylic acids is 1. The molecule has 1 amide bonds. The highest BCUT2D eigenvalue weighted by molar-refractivity contribution is 5.73. The van der Waals surface area contributed by atoms with Gasteiger partial charge in [-0.25, -0.2) is 0 Å². The molecule has 1 aromatic rings. The summed E-state index contributed by atoms with van der Waals surface area (Å²) in [6, 6.07) is 7.59. The van der Waals surface area contributed by atoms with Gasteiger partial charge in [0.25, 0.3) is 0 Å². The van der Waals surface area contributed by atoms with Gasteiger partial charge in [-0.1, -0.05) is 12.1 Å². The Hall–Kier alpha value is -1.55. The summed E-state index contributed by atoms with van der Waals surface area (Å²) in [6.45, 7) is 0. The van der Waals surface area contributed by atoms with Crippen LogP contribution in [0.4, 0.5) is 5.69 Å². The maximum absolute atomic E-state index is 10.6. The summed E-state index contributed by atoms with van der Waals surface area (Å²) in [7, 11) is 3.91. The van der Waals surface area contributed by atoms with Crippen LogP contribution >= 0.6 is 0 Å². The van der Waals surface area contributed by atoms with Gasteiger partial charge in [-0.15, -0.1) is 0 Å². The SMILES string of the molecule is CN(C)c1ccc(C(O)CCC(N)=O)cc1. The van der Waals surface area contributed by atoms with Crippen LogP contribution in [0.3, 0.4) is 0 Å². The quantitative estimate of drug-likeness (QED) is 0.782. The Morgan fingerprint density at radius 2 is 1.94 bits per heavy atom. The van der Waals surface area contributed by atoms with E-state index in [2.05, 4.69) is 0 Å². The predicted octanol–water partition coefficient (Wildman–Crippen LogP) is 1.05. The highest BCUT2D eigenvalue weighted by Crippen LogP contribution is 2.21. The monoisotopic (exact) mass is 222 g/mol. The molecule has 1 aromatic carbocycles. The van der Waals surface area contributed by atoms with E-state index < -0.39 is 6.10 Å². The second-order valence-corrected chi connectivity index (χ2v) is 4.01. The minimum absolute atomic E-state index is 0.205. The molecule has 0 heterocycles. The maximum Gasteiger partial charge on any atom is 0.217 e. The van der Waals surface area contributed by atoms with Crippen molar-refractivity contribution in [1.82, 2.24) is 0 Å². The normalized spacial score (nSPS) is 12.2. The molecule has 0 aliphatic heterocycles. The predicted molar refractivity (Wildman–Crippen MR) is 64.2 cm³/mol. The number of hydrogen-bond acceptors (Lipinski definition) is 3. The number of rotatable bonds is 5. The topological polar surface area (TPSA) is 66.6 Å². The highest BCUT2D eigenvalue weighted by atomic mass is 16.3. The van der Waals surface area contributed by atoms with Gasteiger partial charge in [0.1, 0.15) is 0 Å². The molecule has 1 unspecified atom stereocenters. The molecule has 0 fully saturated rings. The maximum atomic E-state index is 10.6. The zero-order chi connectivity index (χ0) is 12.1. The van der Waals surface area contributed by atoms with E-state index >= 15 is 0 Å². The van der Waals surface area contributed by atoms with E-state index in [0.717, 1.165) is 11.3 Å². The van der Waals surface area contributed by atoms with Gasteiger partial charge in [-0.3, -0.25) is 4.79 Å². The summed E-state index contributed by atoms with van der Waals surface area (Å²) >= 11 is 0. The third-order valence-electron chi connectivity index (χ3n) is 2.46. The summed E-state index contributed by atoms with van der Waals surface area (Å²) < 4.78 is 0.